The number of carbonyl (C=O) groups is 1. The minimum Gasteiger partial charge on any atom is -0.441 e. The van der Waals surface area contributed by atoms with E-state index in [-0.39, 0.29) is 36.5 Å². The Hall–Kier alpha value is -3.16. The first-order chi connectivity index (χ1) is 15.9. The average Bonchev–Trinajstić information content (AvgIpc) is 3.23. The van der Waals surface area contributed by atoms with Crippen LogP contribution in [0.3, 0.4) is 0 Å². The van der Waals surface area contributed by atoms with Gasteiger partial charge in [0.05, 0.1) is 29.8 Å². The summed E-state index contributed by atoms with van der Waals surface area (Å²) in [7, 11) is 0. The van der Waals surface area contributed by atoms with E-state index in [1.54, 1.807) is 17.0 Å². The van der Waals surface area contributed by atoms with Crippen molar-refractivity contribution in [3.63, 3.8) is 0 Å². The average molecular weight is 453 g/mol. The van der Waals surface area contributed by atoms with Gasteiger partial charge in [0.1, 0.15) is 12.3 Å². The number of rotatable bonds is 5. The van der Waals surface area contributed by atoms with Crippen molar-refractivity contribution in [2.75, 3.05) is 6.67 Å². The molecular formula is C25H29FN4O3. The van der Waals surface area contributed by atoms with Gasteiger partial charge in [-0.3, -0.25) is 19.0 Å². The van der Waals surface area contributed by atoms with Gasteiger partial charge in [-0.1, -0.05) is 30.3 Å². The van der Waals surface area contributed by atoms with Gasteiger partial charge in [0.15, 0.2) is 0 Å². The molecule has 1 atom stereocenters. The molecule has 1 aliphatic carbocycles. The third kappa shape index (κ3) is 3.61. The van der Waals surface area contributed by atoms with Crippen LogP contribution in [-0.2, 0) is 11.3 Å². The van der Waals surface area contributed by atoms with Crippen LogP contribution in [0.2, 0.25) is 0 Å². The minimum atomic E-state index is -0.626. The van der Waals surface area contributed by atoms with Crippen LogP contribution in [-0.4, -0.2) is 43.4 Å². The lowest BCUT2D eigenvalue weighted by Crippen LogP contribution is -2.43. The number of nitrogens with zero attached hydrogens (tertiary/aromatic N) is 4. The van der Waals surface area contributed by atoms with Crippen LogP contribution >= 0.6 is 0 Å². The number of amides is 1. The van der Waals surface area contributed by atoms with Crippen LogP contribution in [0.1, 0.15) is 57.2 Å². The van der Waals surface area contributed by atoms with E-state index in [1.165, 1.54) is 4.57 Å². The zero-order valence-electron chi connectivity index (χ0n) is 19.0. The second kappa shape index (κ2) is 8.32. The lowest BCUT2D eigenvalue weighted by molar-refractivity contribution is 0.0662. The summed E-state index contributed by atoms with van der Waals surface area (Å²) in [6, 6.07) is 11.7. The number of hydrogen-bond donors (Lipinski definition) is 0. The Morgan fingerprint density at radius 3 is 2.42 bits per heavy atom. The number of imidazole rings is 1. The maximum absolute atomic E-state index is 13.1. The second-order valence-electron chi connectivity index (χ2n) is 9.51. The van der Waals surface area contributed by atoms with E-state index in [0.717, 1.165) is 36.8 Å². The number of halogens is 1. The van der Waals surface area contributed by atoms with E-state index in [1.807, 2.05) is 55.1 Å². The zero-order valence-corrected chi connectivity index (χ0v) is 19.0. The number of aromatic nitrogens is 3. The van der Waals surface area contributed by atoms with Gasteiger partial charge in [-0.25, -0.2) is 14.0 Å². The Kier molecular flexibility index (Phi) is 5.46. The van der Waals surface area contributed by atoms with E-state index < -0.39 is 12.3 Å². The van der Waals surface area contributed by atoms with Crippen LogP contribution in [0.5, 0.6) is 0 Å². The molecule has 1 saturated carbocycles. The van der Waals surface area contributed by atoms with Gasteiger partial charge in [-0.15, -0.1) is 0 Å². The first kappa shape index (κ1) is 21.7. The standard InChI is InChI=1S/C25H29FN4O3/c1-25(2)22(17-6-4-3-5-7-17)30(24(32)33-25)19-10-8-18(9-11-19)29-20-12-14-27-16-21(20)28(15-13-26)23(29)31/h3-7,12,14,16,18-19,22H,8-11,13,15H2,1-2H3. The molecule has 1 amide bonds. The predicted molar refractivity (Wildman–Crippen MR) is 123 cm³/mol. The molecule has 33 heavy (non-hydrogen) atoms. The molecule has 2 aliphatic rings. The summed E-state index contributed by atoms with van der Waals surface area (Å²) < 4.78 is 22.2. The number of hydrogen-bond acceptors (Lipinski definition) is 4. The number of benzene rings is 1. The minimum absolute atomic E-state index is 0.00122. The van der Waals surface area contributed by atoms with Gasteiger partial charge in [-0.05, 0) is 51.2 Å². The highest BCUT2D eigenvalue weighted by atomic mass is 19.1. The molecule has 8 heteroatoms. The fourth-order valence-corrected chi connectivity index (χ4v) is 5.71. The van der Waals surface area contributed by atoms with Crippen LogP contribution in [0, 0.1) is 0 Å². The van der Waals surface area contributed by atoms with E-state index in [2.05, 4.69) is 4.98 Å². The highest BCUT2D eigenvalue weighted by Crippen LogP contribution is 2.45. The van der Waals surface area contributed by atoms with Crippen LogP contribution in [0.25, 0.3) is 11.0 Å². The lowest BCUT2D eigenvalue weighted by atomic mass is 9.86. The van der Waals surface area contributed by atoms with Gasteiger partial charge in [0, 0.05) is 18.3 Å². The molecule has 0 N–H and O–H groups in total. The molecule has 5 rings (SSSR count). The van der Waals surface area contributed by atoms with Crippen molar-refractivity contribution in [3.8, 4) is 0 Å². The molecule has 174 valence electrons. The smallest absolute Gasteiger partial charge is 0.411 e. The summed E-state index contributed by atoms with van der Waals surface area (Å²) in [5.74, 6) is 0. The first-order valence-electron chi connectivity index (χ1n) is 11.6. The Labute approximate surface area is 191 Å². The van der Waals surface area contributed by atoms with Gasteiger partial charge >= 0.3 is 11.8 Å². The van der Waals surface area contributed by atoms with Gasteiger partial charge in [0.2, 0.25) is 0 Å². The van der Waals surface area contributed by atoms with Crippen molar-refractivity contribution >= 4 is 17.1 Å². The SMILES string of the molecule is CC1(C)OC(=O)N(C2CCC(n3c(=O)n(CCF)c4cnccc43)CC2)C1c1ccccc1. The molecule has 1 aliphatic heterocycles. The monoisotopic (exact) mass is 452 g/mol. The van der Waals surface area contributed by atoms with Crippen molar-refractivity contribution < 1.29 is 13.9 Å². The molecule has 0 bridgehead atoms. The van der Waals surface area contributed by atoms with Crippen molar-refractivity contribution in [2.45, 2.75) is 69.8 Å². The summed E-state index contributed by atoms with van der Waals surface area (Å²) in [6.45, 7) is 3.34. The molecule has 0 radical (unpaired) electrons. The maximum atomic E-state index is 13.1. The molecule has 3 heterocycles. The third-order valence-corrected chi connectivity index (χ3v) is 7.11. The zero-order chi connectivity index (χ0) is 23.2. The molecule has 7 nitrogen and oxygen atoms in total. The normalized spacial score (nSPS) is 24.9. The largest absolute Gasteiger partial charge is 0.441 e. The van der Waals surface area contributed by atoms with E-state index >= 15 is 0 Å². The Morgan fingerprint density at radius 1 is 1.03 bits per heavy atom. The number of aryl methyl sites for hydroxylation is 1. The second-order valence-corrected chi connectivity index (χ2v) is 9.51. The molecule has 1 aromatic carbocycles. The molecule has 2 fully saturated rings. The highest BCUT2D eigenvalue weighted by molar-refractivity contribution is 5.75. The van der Waals surface area contributed by atoms with E-state index in [9.17, 15) is 14.0 Å². The quantitative estimate of drug-likeness (QED) is 0.566. The van der Waals surface area contributed by atoms with Crippen LogP contribution in [0.15, 0.2) is 53.6 Å². The topological polar surface area (TPSA) is 69.4 Å². The van der Waals surface area contributed by atoms with Crippen molar-refractivity contribution in [1.29, 1.82) is 0 Å². The molecule has 1 unspecified atom stereocenters. The molecule has 1 saturated heterocycles. The summed E-state index contributed by atoms with van der Waals surface area (Å²) in [5, 5.41) is 0. The van der Waals surface area contributed by atoms with Crippen molar-refractivity contribution in [3.05, 3.63) is 64.8 Å². The Morgan fingerprint density at radius 2 is 1.73 bits per heavy atom. The summed E-state index contributed by atoms with van der Waals surface area (Å²) >= 11 is 0. The summed E-state index contributed by atoms with van der Waals surface area (Å²) in [4.78, 5) is 32.1. The third-order valence-electron chi connectivity index (χ3n) is 7.11. The van der Waals surface area contributed by atoms with Crippen LogP contribution < -0.4 is 5.69 Å². The molecule has 3 aromatic rings. The summed E-state index contributed by atoms with van der Waals surface area (Å²) in [6.07, 6.45) is 6.07. The maximum Gasteiger partial charge on any atom is 0.411 e. The fourth-order valence-electron chi connectivity index (χ4n) is 5.71. The van der Waals surface area contributed by atoms with Crippen molar-refractivity contribution in [2.24, 2.45) is 0 Å². The number of pyridine rings is 1. The van der Waals surface area contributed by atoms with E-state index in [0.29, 0.717) is 5.52 Å². The van der Waals surface area contributed by atoms with Gasteiger partial charge in [0.25, 0.3) is 0 Å². The van der Waals surface area contributed by atoms with E-state index in [4.69, 9.17) is 4.74 Å². The number of alkyl halides is 1. The predicted octanol–water partition coefficient (Wildman–Crippen LogP) is 4.62. The van der Waals surface area contributed by atoms with Gasteiger partial charge < -0.3 is 4.74 Å². The number of ether oxygens (including phenoxy) is 1. The number of fused-ring (bicyclic) bond motifs is 1. The summed E-state index contributed by atoms with van der Waals surface area (Å²) in [5.41, 5.74) is 1.70. The van der Waals surface area contributed by atoms with Gasteiger partial charge in [-0.2, -0.15) is 0 Å². The lowest BCUT2D eigenvalue weighted by Gasteiger charge is -2.38. The number of cyclic esters (lactones) is 1. The highest BCUT2D eigenvalue weighted by Gasteiger charge is 2.51. The van der Waals surface area contributed by atoms with Crippen LogP contribution in [0.4, 0.5) is 9.18 Å². The molecular weight excluding hydrogens is 423 g/mol. The first-order valence-corrected chi connectivity index (χ1v) is 11.6. The Balaban J connectivity index is 1.41. The Bertz CT molecular complexity index is 1210. The molecule has 2 aromatic heterocycles. The molecule has 0 spiro atoms. The van der Waals surface area contributed by atoms with Crippen molar-refractivity contribution in [1.82, 2.24) is 19.0 Å². The fraction of sp³-hybridized carbons (Fsp3) is 0.480. The number of carbonyl (C=O) groups excluding carboxylic acids is 1.